The van der Waals surface area contributed by atoms with Crippen molar-refractivity contribution in [2.75, 3.05) is 6.61 Å². The second-order valence-electron chi connectivity index (χ2n) is 4.61. The van der Waals surface area contributed by atoms with Crippen molar-refractivity contribution in [3.63, 3.8) is 0 Å². The largest absolute Gasteiger partial charge is 0.494 e. The van der Waals surface area contributed by atoms with E-state index in [-0.39, 0.29) is 11.9 Å². The Hall–Kier alpha value is -1.51. The smallest absolute Gasteiger partial charge is 0.251 e. The minimum atomic E-state index is -0.0376. The second kappa shape index (κ2) is 7.04. The summed E-state index contributed by atoms with van der Waals surface area (Å²) < 4.78 is 5.39. The minimum Gasteiger partial charge on any atom is -0.494 e. The Morgan fingerprint density at radius 1 is 1.33 bits per heavy atom. The summed E-state index contributed by atoms with van der Waals surface area (Å²) in [7, 11) is 0. The van der Waals surface area contributed by atoms with E-state index >= 15 is 0 Å². The van der Waals surface area contributed by atoms with Crippen molar-refractivity contribution in [2.45, 2.75) is 40.2 Å². The van der Waals surface area contributed by atoms with E-state index in [2.05, 4.69) is 19.2 Å². The van der Waals surface area contributed by atoms with Crippen LogP contribution >= 0.6 is 0 Å². The number of carbonyl (C=O) groups is 1. The van der Waals surface area contributed by atoms with Gasteiger partial charge in [-0.2, -0.15) is 0 Å². The number of carbonyl (C=O) groups excluding carboxylic acids is 1. The molecule has 0 aliphatic rings. The molecule has 0 heterocycles. The summed E-state index contributed by atoms with van der Waals surface area (Å²) in [4.78, 5) is 12.1. The Morgan fingerprint density at radius 3 is 2.67 bits per heavy atom. The molecule has 1 amide bonds. The molecular weight excluding hydrogens is 226 g/mol. The van der Waals surface area contributed by atoms with Gasteiger partial charge in [0.05, 0.1) is 6.61 Å². The number of amides is 1. The molecule has 0 saturated heterocycles. The predicted molar refractivity (Wildman–Crippen MR) is 74.0 cm³/mol. The summed E-state index contributed by atoms with van der Waals surface area (Å²) in [5.74, 6) is 1.18. The normalized spacial score (nSPS) is 13.8. The van der Waals surface area contributed by atoms with Crippen LogP contribution in [0.15, 0.2) is 24.3 Å². The molecule has 1 N–H and O–H groups in total. The molecule has 18 heavy (non-hydrogen) atoms. The van der Waals surface area contributed by atoms with Gasteiger partial charge in [-0.1, -0.05) is 26.3 Å². The van der Waals surface area contributed by atoms with Crippen LogP contribution in [0.1, 0.15) is 44.5 Å². The van der Waals surface area contributed by atoms with Gasteiger partial charge in [0, 0.05) is 11.6 Å². The van der Waals surface area contributed by atoms with E-state index in [9.17, 15) is 4.79 Å². The standard InChI is InChI=1S/C15H23NO2/c1-5-11(3)12(4)16-15(17)13-8-7-9-14(10-13)18-6-2/h7-12H,5-6H2,1-4H3,(H,16,17)/t11-,12+/m1/s1. The molecule has 3 heteroatoms. The highest BCUT2D eigenvalue weighted by Crippen LogP contribution is 2.14. The molecule has 0 aliphatic heterocycles. The lowest BCUT2D eigenvalue weighted by Gasteiger charge is -2.20. The zero-order valence-electron chi connectivity index (χ0n) is 11.7. The van der Waals surface area contributed by atoms with Crippen LogP contribution < -0.4 is 10.1 Å². The van der Waals surface area contributed by atoms with Crippen molar-refractivity contribution in [3.8, 4) is 5.75 Å². The lowest BCUT2D eigenvalue weighted by Crippen LogP contribution is -2.36. The SMILES string of the molecule is CCOc1cccc(C(=O)N[C@@H](C)[C@H](C)CC)c1. The van der Waals surface area contributed by atoms with Crippen LogP contribution in [0.2, 0.25) is 0 Å². The van der Waals surface area contributed by atoms with E-state index in [4.69, 9.17) is 4.74 Å². The highest BCUT2D eigenvalue weighted by atomic mass is 16.5. The Bertz CT molecular complexity index is 390. The Morgan fingerprint density at radius 2 is 2.06 bits per heavy atom. The lowest BCUT2D eigenvalue weighted by atomic mass is 10.0. The van der Waals surface area contributed by atoms with Crippen molar-refractivity contribution in [3.05, 3.63) is 29.8 Å². The first kappa shape index (κ1) is 14.6. The zero-order valence-corrected chi connectivity index (χ0v) is 11.7. The lowest BCUT2D eigenvalue weighted by molar-refractivity contribution is 0.0927. The van der Waals surface area contributed by atoms with Crippen LogP contribution in [-0.4, -0.2) is 18.6 Å². The molecule has 0 aliphatic carbocycles. The van der Waals surface area contributed by atoms with Gasteiger partial charge in [0.25, 0.3) is 5.91 Å². The van der Waals surface area contributed by atoms with Crippen molar-refractivity contribution in [1.82, 2.24) is 5.32 Å². The minimum absolute atomic E-state index is 0.0376. The Kier molecular flexibility index (Phi) is 5.69. The molecule has 0 radical (unpaired) electrons. The maximum Gasteiger partial charge on any atom is 0.251 e. The van der Waals surface area contributed by atoms with Crippen LogP contribution in [0.4, 0.5) is 0 Å². The number of rotatable bonds is 6. The Balaban J connectivity index is 2.69. The molecule has 0 fully saturated rings. The van der Waals surface area contributed by atoms with E-state index in [0.29, 0.717) is 18.1 Å². The van der Waals surface area contributed by atoms with Crippen molar-refractivity contribution >= 4 is 5.91 Å². The van der Waals surface area contributed by atoms with Crippen LogP contribution in [0.3, 0.4) is 0 Å². The van der Waals surface area contributed by atoms with Crippen molar-refractivity contribution in [1.29, 1.82) is 0 Å². The third-order valence-electron chi connectivity index (χ3n) is 3.26. The average Bonchev–Trinajstić information content (AvgIpc) is 2.38. The monoisotopic (exact) mass is 249 g/mol. The molecule has 0 aromatic heterocycles. The fourth-order valence-electron chi connectivity index (χ4n) is 1.68. The molecular formula is C15H23NO2. The fourth-order valence-corrected chi connectivity index (χ4v) is 1.68. The van der Waals surface area contributed by atoms with Crippen molar-refractivity contribution < 1.29 is 9.53 Å². The predicted octanol–water partition coefficient (Wildman–Crippen LogP) is 3.25. The summed E-state index contributed by atoms with van der Waals surface area (Å²) in [6.45, 7) is 8.84. The summed E-state index contributed by atoms with van der Waals surface area (Å²) in [6, 6.07) is 7.47. The molecule has 0 spiro atoms. The number of hydrogen-bond acceptors (Lipinski definition) is 2. The molecule has 1 aromatic carbocycles. The first-order valence-electron chi connectivity index (χ1n) is 6.62. The molecule has 2 atom stereocenters. The molecule has 0 saturated carbocycles. The first-order valence-corrected chi connectivity index (χ1v) is 6.62. The third-order valence-corrected chi connectivity index (χ3v) is 3.26. The Labute approximate surface area is 110 Å². The van der Waals surface area contributed by atoms with Gasteiger partial charge in [-0.3, -0.25) is 4.79 Å². The molecule has 0 bridgehead atoms. The van der Waals surface area contributed by atoms with Gasteiger partial charge < -0.3 is 10.1 Å². The zero-order chi connectivity index (χ0) is 13.5. The van der Waals surface area contributed by atoms with Gasteiger partial charge in [-0.15, -0.1) is 0 Å². The van der Waals surface area contributed by atoms with Gasteiger partial charge in [-0.05, 0) is 38.0 Å². The van der Waals surface area contributed by atoms with Gasteiger partial charge in [-0.25, -0.2) is 0 Å². The second-order valence-corrected chi connectivity index (χ2v) is 4.61. The van der Waals surface area contributed by atoms with Crippen molar-refractivity contribution in [2.24, 2.45) is 5.92 Å². The van der Waals surface area contributed by atoms with Crippen LogP contribution in [0, 0.1) is 5.92 Å². The quantitative estimate of drug-likeness (QED) is 0.840. The number of benzene rings is 1. The van der Waals surface area contributed by atoms with Gasteiger partial charge in [0.2, 0.25) is 0 Å². The molecule has 1 aromatic rings. The summed E-state index contributed by atoms with van der Waals surface area (Å²) in [5, 5.41) is 3.02. The van der Waals surface area contributed by atoms with Gasteiger partial charge in [0.1, 0.15) is 5.75 Å². The van der Waals surface area contributed by atoms with E-state index in [1.54, 1.807) is 12.1 Å². The maximum atomic E-state index is 12.1. The number of ether oxygens (including phenoxy) is 1. The highest BCUT2D eigenvalue weighted by Gasteiger charge is 2.14. The van der Waals surface area contributed by atoms with Crippen LogP contribution in [0.25, 0.3) is 0 Å². The fraction of sp³-hybridized carbons (Fsp3) is 0.533. The van der Waals surface area contributed by atoms with Crippen LogP contribution in [0.5, 0.6) is 5.75 Å². The average molecular weight is 249 g/mol. The number of nitrogens with one attached hydrogen (secondary N) is 1. The third kappa shape index (κ3) is 4.06. The van der Waals surface area contributed by atoms with Gasteiger partial charge >= 0.3 is 0 Å². The number of hydrogen-bond donors (Lipinski definition) is 1. The summed E-state index contributed by atoms with van der Waals surface area (Å²) >= 11 is 0. The summed E-state index contributed by atoms with van der Waals surface area (Å²) in [6.07, 6.45) is 1.06. The summed E-state index contributed by atoms with van der Waals surface area (Å²) in [5.41, 5.74) is 0.649. The van der Waals surface area contributed by atoms with E-state index in [0.717, 1.165) is 12.2 Å². The topological polar surface area (TPSA) is 38.3 Å². The highest BCUT2D eigenvalue weighted by molar-refractivity contribution is 5.94. The van der Waals surface area contributed by atoms with Crippen LogP contribution in [-0.2, 0) is 0 Å². The van der Waals surface area contributed by atoms with E-state index < -0.39 is 0 Å². The molecule has 3 nitrogen and oxygen atoms in total. The molecule has 0 unspecified atom stereocenters. The molecule has 1 rings (SSSR count). The van der Waals surface area contributed by atoms with Gasteiger partial charge in [0.15, 0.2) is 0 Å². The molecule has 100 valence electrons. The van der Waals surface area contributed by atoms with E-state index in [1.165, 1.54) is 0 Å². The van der Waals surface area contributed by atoms with E-state index in [1.807, 2.05) is 26.0 Å². The maximum absolute atomic E-state index is 12.1. The first-order chi connectivity index (χ1) is 8.58.